The minimum atomic E-state index is -3.70. The van der Waals surface area contributed by atoms with Crippen LogP contribution in [-0.2, 0) is 21.4 Å². The molecule has 3 rings (SSSR count). The van der Waals surface area contributed by atoms with Crippen molar-refractivity contribution in [2.75, 3.05) is 10.6 Å². The summed E-state index contributed by atoms with van der Waals surface area (Å²) < 4.78 is 26.0. The molecule has 0 aliphatic rings. The highest BCUT2D eigenvalue weighted by Crippen LogP contribution is 2.28. The summed E-state index contributed by atoms with van der Waals surface area (Å²) in [5.74, 6) is -0.386. The van der Waals surface area contributed by atoms with E-state index in [4.69, 9.17) is 11.6 Å². The topological polar surface area (TPSA) is 66.5 Å². The summed E-state index contributed by atoms with van der Waals surface area (Å²) in [6, 6.07) is 18.0. The minimum Gasteiger partial charge on any atom is -0.350 e. The third kappa shape index (κ3) is 4.89. The van der Waals surface area contributed by atoms with Crippen LogP contribution in [-0.4, -0.2) is 26.6 Å². The van der Waals surface area contributed by atoms with E-state index in [1.807, 2.05) is 42.5 Å². The molecule has 0 aliphatic carbocycles. The lowest BCUT2D eigenvalue weighted by atomic mass is 10.1. The Morgan fingerprint density at radius 1 is 1.07 bits per heavy atom. The first-order valence-corrected chi connectivity index (χ1v) is 11.4. The van der Waals surface area contributed by atoms with Crippen molar-refractivity contribution in [3.8, 4) is 0 Å². The number of rotatable bonds is 6. The van der Waals surface area contributed by atoms with Crippen LogP contribution in [0, 0.1) is 6.92 Å². The highest BCUT2D eigenvalue weighted by Gasteiger charge is 2.30. The molecular formula is C22H23ClN2O3S. The number of anilines is 1. The number of hydrogen-bond acceptors (Lipinski definition) is 3. The Kier molecular flexibility index (Phi) is 6.15. The predicted octanol–water partition coefficient (Wildman–Crippen LogP) is 4.27. The second-order valence-corrected chi connectivity index (χ2v) is 9.36. The summed E-state index contributed by atoms with van der Waals surface area (Å²) in [6.07, 6.45) is 1.08. The standard InChI is InChI=1S/C22H23ClN2O3S/c1-15-8-11-20(23)13-21(15)25(29(3,27)28)16(2)22(26)24-14-17-9-10-18-6-4-5-7-19(18)12-17/h4-13,16H,14H2,1-3H3,(H,24,26)/t16-/m0/s1. The SMILES string of the molecule is Cc1ccc(Cl)cc1N([C@@H](C)C(=O)NCc1ccc2ccccc2c1)S(C)(=O)=O. The van der Waals surface area contributed by atoms with E-state index in [1.165, 1.54) is 0 Å². The molecule has 7 heteroatoms. The van der Waals surface area contributed by atoms with Gasteiger partial charge in [-0.1, -0.05) is 54.1 Å². The highest BCUT2D eigenvalue weighted by atomic mass is 35.5. The van der Waals surface area contributed by atoms with E-state index >= 15 is 0 Å². The van der Waals surface area contributed by atoms with Crippen LogP contribution in [0.4, 0.5) is 5.69 Å². The lowest BCUT2D eigenvalue weighted by molar-refractivity contribution is -0.122. The Morgan fingerprint density at radius 2 is 1.76 bits per heavy atom. The van der Waals surface area contributed by atoms with Gasteiger partial charge < -0.3 is 5.32 Å². The molecule has 0 fully saturated rings. The number of nitrogens with one attached hydrogen (secondary N) is 1. The molecule has 29 heavy (non-hydrogen) atoms. The van der Waals surface area contributed by atoms with Gasteiger partial charge in [0, 0.05) is 11.6 Å². The molecule has 3 aromatic carbocycles. The first kappa shape index (κ1) is 21.1. The van der Waals surface area contributed by atoms with Gasteiger partial charge in [0.25, 0.3) is 0 Å². The Hall–Kier alpha value is -2.57. The van der Waals surface area contributed by atoms with Crippen LogP contribution < -0.4 is 9.62 Å². The van der Waals surface area contributed by atoms with Crippen molar-refractivity contribution in [2.45, 2.75) is 26.4 Å². The van der Waals surface area contributed by atoms with Gasteiger partial charge in [-0.2, -0.15) is 0 Å². The third-order valence-corrected chi connectivity index (χ3v) is 6.24. The first-order valence-electron chi connectivity index (χ1n) is 9.18. The highest BCUT2D eigenvalue weighted by molar-refractivity contribution is 7.92. The minimum absolute atomic E-state index is 0.306. The van der Waals surface area contributed by atoms with Crippen LogP contribution >= 0.6 is 11.6 Å². The average Bonchev–Trinajstić information content (AvgIpc) is 2.67. The summed E-state index contributed by atoms with van der Waals surface area (Å²) in [5.41, 5.74) is 2.05. The number of aryl methyl sites for hydroxylation is 1. The zero-order valence-electron chi connectivity index (χ0n) is 16.5. The van der Waals surface area contributed by atoms with Gasteiger partial charge in [0.1, 0.15) is 6.04 Å². The Balaban J connectivity index is 1.81. The molecule has 0 saturated heterocycles. The second kappa shape index (κ2) is 8.43. The molecule has 0 bridgehead atoms. The molecule has 3 aromatic rings. The number of amides is 1. The number of benzene rings is 3. The molecule has 0 spiro atoms. The van der Waals surface area contributed by atoms with Crippen molar-refractivity contribution < 1.29 is 13.2 Å². The number of carbonyl (C=O) groups is 1. The van der Waals surface area contributed by atoms with Crippen LogP contribution in [0.25, 0.3) is 10.8 Å². The molecule has 0 saturated carbocycles. The molecule has 0 radical (unpaired) electrons. The predicted molar refractivity (Wildman–Crippen MR) is 119 cm³/mol. The quantitative estimate of drug-likeness (QED) is 0.635. The van der Waals surface area contributed by atoms with Crippen molar-refractivity contribution in [3.63, 3.8) is 0 Å². The third-order valence-electron chi connectivity index (χ3n) is 4.78. The van der Waals surface area contributed by atoms with Gasteiger partial charge in [-0.05, 0) is 53.9 Å². The van der Waals surface area contributed by atoms with Crippen molar-refractivity contribution in [3.05, 3.63) is 76.8 Å². The van der Waals surface area contributed by atoms with Gasteiger partial charge in [0.2, 0.25) is 15.9 Å². The van der Waals surface area contributed by atoms with Crippen molar-refractivity contribution in [1.29, 1.82) is 0 Å². The summed E-state index contributed by atoms with van der Waals surface area (Å²) in [6.45, 7) is 3.65. The fourth-order valence-electron chi connectivity index (χ4n) is 3.29. The van der Waals surface area contributed by atoms with E-state index in [1.54, 1.807) is 32.0 Å². The number of hydrogen-bond donors (Lipinski definition) is 1. The van der Waals surface area contributed by atoms with E-state index in [-0.39, 0.29) is 5.91 Å². The zero-order chi connectivity index (χ0) is 21.2. The van der Waals surface area contributed by atoms with E-state index in [0.29, 0.717) is 22.8 Å². The molecule has 152 valence electrons. The maximum Gasteiger partial charge on any atom is 0.243 e. The summed E-state index contributed by atoms with van der Waals surface area (Å²) >= 11 is 6.06. The number of fused-ring (bicyclic) bond motifs is 1. The molecule has 0 unspecified atom stereocenters. The lowest BCUT2D eigenvalue weighted by Gasteiger charge is -2.29. The Bertz CT molecular complexity index is 1160. The average molecular weight is 431 g/mol. The van der Waals surface area contributed by atoms with Gasteiger partial charge in [-0.3, -0.25) is 9.10 Å². The van der Waals surface area contributed by atoms with Gasteiger partial charge in [0.05, 0.1) is 11.9 Å². The van der Waals surface area contributed by atoms with Gasteiger partial charge in [0.15, 0.2) is 0 Å². The monoisotopic (exact) mass is 430 g/mol. The van der Waals surface area contributed by atoms with Gasteiger partial charge in [-0.15, -0.1) is 0 Å². The zero-order valence-corrected chi connectivity index (χ0v) is 18.1. The largest absolute Gasteiger partial charge is 0.350 e. The number of nitrogens with zero attached hydrogens (tertiary/aromatic N) is 1. The molecular weight excluding hydrogens is 408 g/mol. The molecule has 1 amide bonds. The molecule has 1 N–H and O–H groups in total. The molecule has 1 atom stereocenters. The first-order chi connectivity index (χ1) is 13.7. The van der Waals surface area contributed by atoms with E-state index in [0.717, 1.165) is 26.9 Å². The molecule has 0 heterocycles. The Labute approximate surface area is 176 Å². The fraction of sp³-hybridized carbons (Fsp3) is 0.227. The van der Waals surface area contributed by atoms with Gasteiger partial charge in [-0.25, -0.2) is 8.42 Å². The van der Waals surface area contributed by atoms with E-state index in [2.05, 4.69) is 5.32 Å². The number of sulfonamides is 1. The van der Waals surface area contributed by atoms with Crippen molar-refractivity contribution >= 4 is 44.0 Å². The maximum atomic E-state index is 12.8. The normalized spacial score (nSPS) is 12.6. The molecule has 0 aliphatic heterocycles. The fourth-order valence-corrected chi connectivity index (χ4v) is 4.68. The smallest absolute Gasteiger partial charge is 0.243 e. The van der Waals surface area contributed by atoms with Crippen molar-refractivity contribution in [2.24, 2.45) is 0 Å². The second-order valence-electron chi connectivity index (χ2n) is 7.06. The summed E-state index contributed by atoms with van der Waals surface area (Å²) in [7, 11) is -3.70. The van der Waals surface area contributed by atoms with Gasteiger partial charge >= 0.3 is 0 Å². The maximum absolute atomic E-state index is 12.8. The van der Waals surface area contributed by atoms with E-state index < -0.39 is 16.1 Å². The van der Waals surface area contributed by atoms with Crippen LogP contribution in [0.15, 0.2) is 60.7 Å². The molecule has 5 nitrogen and oxygen atoms in total. The summed E-state index contributed by atoms with van der Waals surface area (Å²) in [4.78, 5) is 12.8. The van der Waals surface area contributed by atoms with Crippen LogP contribution in [0.2, 0.25) is 5.02 Å². The lowest BCUT2D eigenvalue weighted by Crippen LogP contribution is -2.48. The van der Waals surface area contributed by atoms with Crippen LogP contribution in [0.3, 0.4) is 0 Å². The summed E-state index contributed by atoms with van der Waals surface area (Å²) in [5, 5.41) is 5.45. The van der Waals surface area contributed by atoms with Crippen molar-refractivity contribution in [1.82, 2.24) is 5.32 Å². The van der Waals surface area contributed by atoms with E-state index in [9.17, 15) is 13.2 Å². The number of carbonyl (C=O) groups excluding carboxylic acids is 1. The van der Waals surface area contributed by atoms with Crippen LogP contribution in [0.5, 0.6) is 0 Å². The number of halogens is 1. The Morgan fingerprint density at radius 3 is 2.45 bits per heavy atom. The van der Waals surface area contributed by atoms with Crippen LogP contribution in [0.1, 0.15) is 18.1 Å². The molecule has 0 aromatic heterocycles.